The summed E-state index contributed by atoms with van der Waals surface area (Å²) in [4.78, 5) is 27.2. The van der Waals surface area contributed by atoms with Crippen molar-refractivity contribution in [2.75, 3.05) is 18.4 Å². The Hall–Kier alpha value is -4.23. The first-order valence-electron chi connectivity index (χ1n) is 12.2. The Labute approximate surface area is 210 Å². The van der Waals surface area contributed by atoms with Crippen molar-refractivity contribution >= 4 is 17.5 Å². The average molecular weight is 480 g/mol. The second-order valence-electron chi connectivity index (χ2n) is 9.14. The fourth-order valence-electron chi connectivity index (χ4n) is 4.64. The molecule has 1 aliphatic heterocycles. The summed E-state index contributed by atoms with van der Waals surface area (Å²) in [5.41, 5.74) is 10.2. The van der Waals surface area contributed by atoms with E-state index >= 15 is 0 Å². The first-order valence-corrected chi connectivity index (χ1v) is 12.2. The third kappa shape index (κ3) is 5.37. The van der Waals surface area contributed by atoms with Gasteiger partial charge in [-0.15, -0.1) is 0 Å². The molecule has 5 rings (SSSR count). The van der Waals surface area contributed by atoms with E-state index in [0.717, 1.165) is 55.0 Å². The third-order valence-electron chi connectivity index (χ3n) is 6.61. The van der Waals surface area contributed by atoms with E-state index in [0.29, 0.717) is 11.3 Å². The number of piperidine rings is 1. The van der Waals surface area contributed by atoms with Crippen LogP contribution >= 0.6 is 0 Å². The number of hydrogen-bond acceptors (Lipinski definition) is 4. The molecule has 0 radical (unpaired) electrons. The number of carbonyl (C=O) groups excluding carboxylic acids is 2. The third-order valence-corrected chi connectivity index (χ3v) is 6.61. The lowest BCUT2D eigenvalue weighted by molar-refractivity contribution is -0.123. The molecule has 0 spiro atoms. The van der Waals surface area contributed by atoms with E-state index in [1.807, 2.05) is 78.9 Å². The van der Waals surface area contributed by atoms with E-state index in [1.165, 1.54) is 0 Å². The van der Waals surface area contributed by atoms with Crippen molar-refractivity contribution in [3.63, 3.8) is 0 Å². The summed E-state index contributed by atoms with van der Waals surface area (Å²) in [5.74, 6) is -0.442. The minimum atomic E-state index is -0.213. The molecule has 0 atom stereocenters. The summed E-state index contributed by atoms with van der Waals surface area (Å²) in [7, 11) is 0. The standard InChI is InChI=1S/C29H29N5O2/c30-28(35)23-14-16-33(17-15-23)19-21-8-7-11-24(18-21)31-29(36)26-20-34(25-12-5-2-6-13-25)32-27(26)22-9-3-1-4-10-22/h1-13,18,20,23H,14-17,19H2,(H2,30,35)(H,31,36). The fraction of sp³-hybridized carbons (Fsp3) is 0.207. The van der Waals surface area contributed by atoms with Gasteiger partial charge in [-0.05, 0) is 55.8 Å². The molecular formula is C29H29N5O2. The maximum absolute atomic E-state index is 13.4. The van der Waals surface area contributed by atoms with Crippen LogP contribution in [0.4, 0.5) is 5.69 Å². The van der Waals surface area contributed by atoms with Crippen molar-refractivity contribution in [1.82, 2.24) is 14.7 Å². The van der Waals surface area contributed by atoms with Gasteiger partial charge in [-0.2, -0.15) is 5.10 Å². The molecule has 182 valence electrons. The second-order valence-corrected chi connectivity index (χ2v) is 9.14. The minimum absolute atomic E-state index is 0.0255. The molecule has 0 saturated carbocycles. The molecule has 3 N–H and O–H groups in total. The van der Waals surface area contributed by atoms with Crippen LogP contribution in [0.15, 0.2) is 91.1 Å². The molecule has 4 aromatic rings. The number of carbonyl (C=O) groups is 2. The van der Waals surface area contributed by atoms with Crippen molar-refractivity contribution in [2.45, 2.75) is 19.4 Å². The summed E-state index contributed by atoms with van der Waals surface area (Å²) < 4.78 is 1.74. The maximum Gasteiger partial charge on any atom is 0.259 e. The lowest BCUT2D eigenvalue weighted by Crippen LogP contribution is -2.38. The highest BCUT2D eigenvalue weighted by atomic mass is 16.2. The van der Waals surface area contributed by atoms with Crippen LogP contribution in [0.25, 0.3) is 16.9 Å². The number of aromatic nitrogens is 2. The normalized spacial score (nSPS) is 14.4. The number of rotatable bonds is 7. The zero-order valence-corrected chi connectivity index (χ0v) is 20.0. The summed E-state index contributed by atoms with van der Waals surface area (Å²) in [6, 6.07) is 27.4. The molecule has 0 unspecified atom stereocenters. The first-order chi connectivity index (χ1) is 17.6. The number of anilines is 1. The Bertz CT molecular complexity index is 1340. The van der Waals surface area contributed by atoms with Crippen molar-refractivity contribution in [3.05, 3.63) is 102 Å². The van der Waals surface area contributed by atoms with Gasteiger partial charge in [-0.3, -0.25) is 14.5 Å². The van der Waals surface area contributed by atoms with Crippen LogP contribution in [0, 0.1) is 5.92 Å². The molecule has 2 amide bonds. The number of para-hydroxylation sites is 1. The number of nitrogens with zero attached hydrogens (tertiary/aromatic N) is 3. The van der Waals surface area contributed by atoms with E-state index in [-0.39, 0.29) is 17.7 Å². The molecule has 0 bridgehead atoms. The van der Waals surface area contributed by atoms with Gasteiger partial charge in [0.25, 0.3) is 5.91 Å². The van der Waals surface area contributed by atoms with Gasteiger partial charge in [-0.25, -0.2) is 4.68 Å². The second kappa shape index (κ2) is 10.6. The molecule has 1 saturated heterocycles. The molecule has 7 nitrogen and oxygen atoms in total. The molecular weight excluding hydrogens is 450 g/mol. The van der Waals surface area contributed by atoms with Gasteiger partial charge in [0.05, 0.1) is 11.3 Å². The van der Waals surface area contributed by atoms with Gasteiger partial charge in [0.15, 0.2) is 0 Å². The Kier molecular flexibility index (Phi) is 6.91. The van der Waals surface area contributed by atoms with Gasteiger partial charge >= 0.3 is 0 Å². The molecule has 2 heterocycles. The van der Waals surface area contributed by atoms with Crippen LogP contribution < -0.4 is 11.1 Å². The lowest BCUT2D eigenvalue weighted by Gasteiger charge is -2.30. The highest BCUT2D eigenvalue weighted by molar-refractivity contribution is 6.08. The van der Waals surface area contributed by atoms with Crippen molar-refractivity contribution < 1.29 is 9.59 Å². The first kappa shape index (κ1) is 23.5. The molecule has 3 aromatic carbocycles. The van der Waals surface area contributed by atoms with Gasteiger partial charge in [-0.1, -0.05) is 60.7 Å². The number of benzene rings is 3. The smallest absolute Gasteiger partial charge is 0.259 e. The number of amides is 2. The molecule has 1 aliphatic rings. The van der Waals surface area contributed by atoms with E-state index in [2.05, 4.69) is 16.3 Å². The van der Waals surface area contributed by atoms with E-state index in [1.54, 1.807) is 10.9 Å². The van der Waals surface area contributed by atoms with Crippen molar-refractivity contribution in [2.24, 2.45) is 11.7 Å². The number of nitrogens with two attached hydrogens (primary N) is 1. The number of nitrogens with one attached hydrogen (secondary N) is 1. The fourth-order valence-corrected chi connectivity index (χ4v) is 4.64. The molecule has 36 heavy (non-hydrogen) atoms. The number of likely N-dealkylation sites (tertiary alicyclic amines) is 1. The lowest BCUT2D eigenvalue weighted by atomic mass is 9.96. The van der Waals surface area contributed by atoms with Gasteiger partial charge < -0.3 is 11.1 Å². The SMILES string of the molecule is NC(=O)C1CCN(Cc2cccc(NC(=O)c3cn(-c4ccccc4)nc3-c3ccccc3)c2)CC1. The van der Waals surface area contributed by atoms with Crippen LogP contribution in [0.2, 0.25) is 0 Å². The average Bonchev–Trinajstić information content (AvgIpc) is 3.36. The van der Waals surface area contributed by atoms with Gasteiger partial charge in [0, 0.05) is 29.9 Å². The number of hydrogen-bond donors (Lipinski definition) is 2. The quantitative estimate of drug-likeness (QED) is 0.408. The largest absolute Gasteiger partial charge is 0.369 e. The van der Waals surface area contributed by atoms with E-state index in [4.69, 9.17) is 10.8 Å². The van der Waals surface area contributed by atoms with Gasteiger partial charge in [0.2, 0.25) is 5.91 Å². The monoisotopic (exact) mass is 479 g/mol. The zero-order chi connectivity index (χ0) is 24.9. The van der Waals surface area contributed by atoms with E-state index in [9.17, 15) is 9.59 Å². The van der Waals surface area contributed by atoms with Crippen LogP contribution in [0.3, 0.4) is 0 Å². The van der Waals surface area contributed by atoms with Crippen LogP contribution in [0.1, 0.15) is 28.8 Å². The summed E-state index contributed by atoms with van der Waals surface area (Å²) in [6.45, 7) is 2.43. The van der Waals surface area contributed by atoms with Crippen LogP contribution in [-0.4, -0.2) is 39.6 Å². The van der Waals surface area contributed by atoms with Crippen molar-refractivity contribution in [1.29, 1.82) is 0 Å². The van der Waals surface area contributed by atoms with Gasteiger partial charge in [0.1, 0.15) is 5.69 Å². The Morgan fingerprint density at radius 3 is 2.31 bits per heavy atom. The highest BCUT2D eigenvalue weighted by Crippen LogP contribution is 2.25. The summed E-state index contributed by atoms with van der Waals surface area (Å²) in [6.07, 6.45) is 3.36. The topological polar surface area (TPSA) is 93.3 Å². The summed E-state index contributed by atoms with van der Waals surface area (Å²) >= 11 is 0. The predicted molar refractivity (Wildman–Crippen MR) is 141 cm³/mol. The molecule has 0 aliphatic carbocycles. The minimum Gasteiger partial charge on any atom is -0.369 e. The molecule has 1 aromatic heterocycles. The van der Waals surface area contributed by atoms with E-state index < -0.39 is 0 Å². The van der Waals surface area contributed by atoms with Crippen LogP contribution in [-0.2, 0) is 11.3 Å². The Balaban J connectivity index is 1.34. The van der Waals surface area contributed by atoms with Crippen molar-refractivity contribution in [3.8, 4) is 16.9 Å². The predicted octanol–water partition coefficient (Wildman–Crippen LogP) is 4.49. The summed E-state index contributed by atoms with van der Waals surface area (Å²) in [5, 5.41) is 7.80. The number of primary amides is 1. The highest BCUT2D eigenvalue weighted by Gasteiger charge is 2.23. The molecule has 7 heteroatoms. The maximum atomic E-state index is 13.4. The Morgan fingerprint density at radius 1 is 0.917 bits per heavy atom. The Morgan fingerprint density at radius 2 is 1.61 bits per heavy atom. The molecule has 1 fully saturated rings. The van der Waals surface area contributed by atoms with Crippen LogP contribution in [0.5, 0.6) is 0 Å². The zero-order valence-electron chi connectivity index (χ0n) is 20.0.